The van der Waals surface area contributed by atoms with Crippen LogP contribution in [0.25, 0.3) is 0 Å². The Morgan fingerprint density at radius 3 is 2.82 bits per heavy atom. The predicted octanol–water partition coefficient (Wildman–Crippen LogP) is 0.747. The van der Waals surface area contributed by atoms with Gasteiger partial charge >= 0.3 is 0 Å². The Labute approximate surface area is 98.7 Å². The highest BCUT2D eigenvalue weighted by atomic mass is 19.1. The van der Waals surface area contributed by atoms with E-state index in [1.54, 1.807) is 0 Å². The van der Waals surface area contributed by atoms with E-state index in [1.807, 2.05) is 0 Å². The number of hydrogen-bond acceptors (Lipinski definition) is 4. The van der Waals surface area contributed by atoms with Crippen LogP contribution in [0.4, 0.5) is 10.1 Å². The van der Waals surface area contributed by atoms with Crippen molar-refractivity contribution in [2.45, 2.75) is 6.04 Å². The summed E-state index contributed by atoms with van der Waals surface area (Å²) in [5.41, 5.74) is 5.95. The lowest BCUT2D eigenvalue weighted by Gasteiger charge is -2.12. The minimum atomic E-state index is -0.768. The lowest BCUT2D eigenvalue weighted by Crippen LogP contribution is -2.39. The van der Waals surface area contributed by atoms with Crippen LogP contribution in [0.5, 0.6) is 5.75 Å². The first-order chi connectivity index (χ1) is 8.08. The molecule has 1 aromatic carbocycles. The van der Waals surface area contributed by atoms with Crippen molar-refractivity contribution in [3.8, 4) is 5.75 Å². The van der Waals surface area contributed by atoms with Gasteiger partial charge in [-0.15, -0.1) is 0 Å². The number of ether oxygens (including phenoxy) is 2. The highest BCUT2D eigenvalue weighted by molar-refractivity contribution is 5.94. The first kappa shape index (κ1) is 13.4. The maximum Gasteiger partial charge on any atom is 0.243 e. The van der Waals surface area contributed by atoms with Gasteiger partial charge in [0, 0.05) is 18.9 Å². The Bertz CT molecular complexity index is 398. The zero-order valence-electron chi connectivity index (χ0n) is 9.70. The third-order valence-corrected chi connectivity index (χ3v) is 2.10. The van der Waals surface area contributed by atoms with Crippen LogP contribution in [0.3, 0.4) is 0 Å². The molecule has 1 rings (SSSR count). The third kappa shape index (κ3) is 3.69. The monoisotopic (exact) mass is 242 g/mol. The van der Waals surface area contributed by atoms with Crippen LogP contribution in [0.2, 0.25) is 0 Å². The summed E-state index contributed by atoms with van der Waals surface area (Å²) in [7, 11) is 2.80. The maximum absolute atomic E-state index is 13.1. The topological polar surface area (TPSA) is 73.6 Å². The van der Waals surface area contributed by atoms with Gasteiger partial charge in [-0.2, -0.15) is 0 Å². The van der Waals surface area contributed by atoms with Crippen LogP contribution < -0.4 is 15.8 Å². The fraction of sp³-hybridized carbons (Fsp3) is 0.364. The highest BCUT2D eigenvalue weighted by Crippen LogP contribution is 2.21. The number of carbonyl (C=O) groups is 1. The van der Waals surface area contributed by atoms with E-state index < -0.39 is 17.8 Å². The third-order valence-electron chi connectivity index (χ3n) is 2.10. The molecule has 1 atom stereocenters. The summed E-state index contributed by atoms with van der Waals surface area (Å²) in [6.45, 7) is 0.115. The summed E-state index contributed by atoms with van der Waals surface area (Å²) in [4.78, 5) is 11.5. The van der Waals surface area contributed by atoms with E-state index in [9.17, 15) is 9.18 Å². The lowest BCUT2D eigenvalue weighted by molar-refractivity contribution is -0.118. The molecule has 6 heteroatoms. The molecule has 17 heavy (non-hydrogen) atoms. The molecule has 0 radical (unpaired) electrons. The van der Waals surface area contributed by atoms with E-state index in [-0.39, 0.29) is 12.4 Å². The van der Waals surface area contributed by atoms with Crippen LogP contribution >= 0.6 is 0 Å². The molecular weight excluding hydrogens is 227 g/mol. The van der Waals surface area contributed by atoms with Gasteiger partial charge in [0.2, 0.25) is 5.91 Å². The van der Waals surface area contributed by atoms with E-state index >= 15 is 0 Å². The Morgan fingerprint density at radius 1 is 1.53 bits per heavy atom. The summed E-state index contributed by atoms with van der Waals surface area (Å²) in [5.74, 6) is -0.838. The van der Waals surface area contributed by atoms with Crippen LogP contribution in [-0.2, 0) is 9.53 Å². The number of nitrogens with one attached hydrogen (secondary N) is 1. The average Bonchev–Trinajstić information content (AvgIpc) is 2.31. The van der Waals surface area contributed by atoms with Crippen molar-refractivity contribution in [2.24, 2.45) is 5.73 Å². The Morgan fingerprint density at radius 2 is 2.24 bits per heavy atom. The normalized spacial score (nSPS) is 12.0. The van der Waals surface area contributed by atoms with Crippen molar-refractivity contribution in [1.82, 2.24) is 0 Å². The molecule has 1 aromatic rings. The van der Waals surface area contributed by atoms with Gasteiger partial charge in [-0.1, -0.05) is 0 Å². The Hall–Kier alpha value is -1.66. The van der Waals surface area contributed by atoms with Crippen LogP contribution in [0.1, 0.15) is 0 Å². The van der Waals surface area contributed by atoms with Crippen molar-refractivity contribution in [2.75, 3.05) is 26.1 Å². The molecular formula is C11H15FN2O3. The number of carbonyl (C=O) groups excluding carboxylic acids is 1. The van der Waals surface area contributed by atoms with E-state index in [4.69, 9.17) is 15.2 Å². The molecule has 1 amide bonds. The summed E-state index contributed by atoms with van der Waals surface area (Å²) < 4.78 is 22.7. The van der Waals surface area contributed by atoms with Crippen molar-refractivity contribution in [3.05, 3.63) is 24.0 Å². The molecule has 1 unspecified atom stereocenters. The summed E-state index contributed by atoms with van der Waals surface area (Å²) in [6, 6.07) is 3.24. The van der Waals surface area contributed by atoms with Gasteiger partial charge in [0.1, 0.15) is 6.04 Å². The van der Waals surface area contributed by atoms with Gasteiger partial charge in [0.15, 0.2) is 11.6 Å². The molecule has 0 saturated heterocycles. The second-order valence-electron chi connectivity index (χ2n) is 3.40. The molecule has 0 bridgehead atoms. The number of amides is 1. The minimum Gasteiger partial charge on any atom is -0.494 e. The summed E-state index contributed by atoms with van der Waals surface area (Å²) in [6.07, 6.45) is 0. The number of halogens is 1. The first-order valence-corrected chi connectivity index (χ1v) is 4.97. The smallest absolute Gasteiger partial charge is 0.243 e. The molecule has 0 aliphatic rings. The number of nitrogens with two attached hydrogens (primary N) is 1. The fourth-order valence-electron chi connectivity index (χ4n) is 1.23. The van der Waals surface area contributed by atoms with Gasteiger partial charge in [-0.25, -0.2) is 4.39 Å². The van der Waals surface area contributed by atoms with Crippen molar-refractivity contribution in [3.63, 3.8) is 0 Å². The number of methoxy groups -OCH3 is 2. The fourth-order valence-corrected chi connectivity index (χ4v) is 1.23. The number of hydrogen-bond donors (Lipinski definition) is 2. The second-order valence-corrected chi connectivity index (χ2v) is 3.40. The number of anilines is 1. The van der Waals surface area contributed by atoms with Gasteiger partial charge in [0.05, 0.1) is 13.7 Å². The standard InChI is InChI=1S/C11H15FN2O3/c1-16-6-9(13)11(15)14-7-3-4-8(12)10(5-7)17-2/h3-5,9H,6,13H2,1-2H3,(H,14,15). The van der Waals surface area contributed by atoms with Crippen molar-refractivity contribution in [1.29, 1.82) is 0 Å². The summed E-state index contributed by atoms with van der Waals surface area (Å²) in [5, 5.41) is 2.54. The molecule has 0 aliphatic carbocycles. The molecule has 3 N–H and O–H groups in total. The highest BCUT2D eigenvalue weighted by Gasteiger charge is 2.14. The van der Waals surface area contributed by atoms with Gasteiger partial charge in [-0.3, -0.25) is 4.79 Å². The van der Waals surface area contributed by atoms with Crippen molar-refractivity contribution >= 4 is 11.6 Å². The van der Waals surface area contributed by atoms with E-state index in [1.165, 1.54) is 32.4 Å². The quantitative estimate of drug-likeness (QED) is 0.799. The Kier molecular flexibility index (Phi) is 4.86. The molecule has 0 spiro atoms. The van der Waals surface area contributed by atoms with Gasteiger partial charge in [0.25, 0.3) is 0 Å². The molecule has 0 fully saturated rings. The average molecular weight is 242 g/mol. The molecule has 5 nitrogen and oxygen atoms in total. The first-order valence-electron chi connectivity index (χ1n) is 4.97. The van der Waals surface area contributed by atoms with Gasteiger partial charge < -0.3 is 20.5 Å². The molecule has 0 saturated carbocycles. The van der Waals surface area contributed by atoms with Crippen LogP contribution in [0.15, 0.2) is 18.2 Å². The number of rotatable bonds is 5. The lowest BCUT2D eigenvalue weighted by atomic mass is 10.2. The molecule has 0 aliphatic heterocycles. The number of benzene rings is 1. The van der Waals surface area contributed by atoms with Gasteiger partial charge in [-0.05, 0) is 12.1 Å². The maximum atomic E-state index is 13.1. The Balaban J connectivity index is 2.71. The zero-order valence-corrected chi connectivity index (χ0v) is 9.70. The molecule has 0 heterocycles. The molecule has 94 valence electrons. The largest absolute Gasteiger partial charge is 0.494 e. The van der Waals surface area contributed by atoms with Crippen molar-refractivity contribution < 1.29 is 18.7 Å². The van der Waals surface area contributed by atoms with Crippen LogP contribution in [0, 0.1) is 5.82 Å². The second kappa shape index (κ2) is 6.17. The SMILES string of the molecule is COCC(N)C(=O)Nc1ccc(F)c(OC)c1. The van der Waals surface area contributed by atoms with E-state index in [2.05, 4.69) is 5.32 Å². The molecule has 0 aromatic heterocycles. The minimum absolute atomic E-state index is 0.0584. The zero-order chi connectivity index (χ0) is 12.8. The summed E-state index contributed by atoms with van der Waals surface area (Å²) >= 11 is 0. The van der Waals surface area contributed by atoms with E-state index in [0.29, 0.717) is 5.69 Å². The van der Waals surface area contributed by atoms with E-state index in [0.717, 1.165) is 0 Å². The van der Waals surface area contributed by atoms with Crippen LogP contribution in [-0.4, -0.2) is 32.8 Å². The predicted molar refractivity (Wildman–Crippen MR) is 61.4 cm³/mol.